The molecule has 9 heteroatoms. The number of rotatable bonds is 7. The highest BCUT2D eigenvalue weighted by Gasteiger charge is 2.14. The van der Waals surface area contributed by atoms with Crippen LogP contribution in [0, 0.1) is 5.82 Å². The summed E-state index contributed by atoms with van der Waals surface area (Å²) < 4.78 is 22.8. The smallest absolute Gasteiger partial charge is 0.276 e. The summed E-state index contributed by atoms with van der Waals surface area (Å²) in [6.07, 6.45) is 4.75. The van der Waals surface area contributed by atoms with Crippen LogP contribution in [-0.4, -0.2) is 25.5 Å². The van der Waals surface area contributed by atoms with E-state index >= 15 is 0 Å². The van der Waals surface area contributed by atoms with Crippen LogP contribution < -0.4 is 10.1 Å². The molecule has 176 valence electrons. The number of anilines is 1. The van der Waals surface area contributed by atoms with Crippen LogP contribution in [0.4, 0.5) is 10.1 Å². The van der Waals surface area contributed by atoms with E-state index in [1.165, 1.54) is 27.2 Å². The molecule has 2 heterocycles. The van der Waals surface area contributed by atoms with Crippen LogP contribution in [0.1, 0.15) is 42.4 Å². The second-order valence-electron chi connectivity index (χ2n) is 8.87. The van der Waals surface area contributed by atoms with Gasteiger partial charge in [0.15, 0.2) is 12.4 Å². The average Bonchev–Trinajstić information content (AvgIpc) is 3.44. The SMILES string of the molecule is CC(C)(C)c1ccc(OCn2ccc(C(=O)Nc3cnn(Cc4c(F)cccc4Cl)c3)n2)cc1. The predicted molar refractivity (Wildman–Crippen MR) is 129 cm³/mol. The first-order valence-electron chi connectivity index (χ1n) is 10.7. The molecule has 34 heavy (non-hydrogen) atoms. The van der Waals surface area contributed by atoms with Gasteiger partial charge in [-0.1, -0.05) is 50.6 Å². The Balaban J connectivity index is 1.33. The maximum Gasteiger partial charge on any atom is 0.276 e. The van der Waals surface area contributed by atoms with Crippen LogP contribution >= 0.6 is 11.6 Å². The van der Waals surface area contributed by atoms with Crippen LogP contribution in [0.2, 0.25) is 5.02 Å². The van der Waals surface area contributed by atoms with E-state index in [4.69, 9.17) is 16.3 Å². The molecule has 0 aliphatic rings. The van der Waals surface area contributed by atoms with Gasteiger partial charge in [-0.25, -0.2) is 9.07 Å². The number of nitrogens with zero attached hydrogens (tertiary/aromatic N) is 4. The molecule has 0 spiro atoms. The fourth-order valence-corrected chi connectivity index (χ4v) is 3.52. The molecular weight excluding hydrogens is 457 g/mol. The summed E-state index contributed by atoms with van der Waals surface area (Å²) in [6.45, 7) is 6.78. The Hall–Kier alpha value is -3.65. The van der Waals surface area contributed by atoms with Crippen LogP contribution in [-0.2, 0) is 18.7 Å². The third-order valence-corrected chi connectivity index (χ3v) is 5.58. The summed E-state index contributed by atoms with van der Waals surface area (Å²) in [5.74, 6) is -0.0832. The zero-order chi connectivity index (χ0) is 24.3. The topological polar surface area (TPSA) is 74.0 Å². The second-order valence-corrected chi connectivity index (χ2v) is 9.28. The van der Waals surface area contributed by atoms with Crippen molar-refractivity contribution in [3.05, 3.63) is 94.8 Å². The molecule has 1 N–H and O–H groups in total. The van der Waals surface area contributed by atoms with E-state index in [0.29, 0.717) is 16.3 Å². The van der Waals surface area contributed by atoms with Gasteiger partial charge < -0.3 is 10.1 Å². The van der Waals surface area contributed by atoms with Crippen molar-refractivity contribution in [2.24, 2.45) is 0 Å². The molecule has 0 unspecified atom stereocenters. The Morgan fingerprint density at radius 2 is 1.88 bits per heavy atom. The van der Waals surface area contributed by atoms with E-state index in [9.17, 15) is 9.18 Å². The maximum absolute atomic E-state index is 14.0. The van der Waals surface area contributed by atoms with Crippen molar-refractivity contribution in [3.63, 3.8) is 0 Å². The minimum absolute atomic E-state index is 0.0735. The van der Waals surface area contributed by atoms with Crippen molar-refractivity contribution in [1.29, 1.82) is 0 Å². The first-order valence-corrected chi connectivity index (χ1v) is 11.1. The number of halogens is 2. The Morgan fingerprint density at radius 3 is 2.59 bits per heavy atom. The summed E-state index contributed by atoms with van der Waals surface area (Å²) in [6, 6.07) is 14.0. The van der Waals surface area contributed by atoms with Gasteiger partial charge in [-0.2, -0.15) is 10.2 Å². The third kappa shape index (κ3) is 5.63. The number of amides is 1. The highest BCUT2D eigenvalue weighted by molar-refractivity contribution is 6.31. The van der Waals surface area contributed by atoms with Crippen molar-refractivity contribution in [2.45, 2.75) is 39.5 Å². The minimum atomic E-state index is -0.411. The third-order valence-electron chi connectivity index (χ3n) is 5.23. The van der Waals surface area contributed by atoms with Gasteiger partial charge in [0.25, 0.3) is 5.91 Å². The van der Waals surface area contributed by atoms with E-state index < -0.39 is 11.7 Å². The standard InChI is InChI=1S/C25H25ClFN5O2/c1-25(2,3)17-7-9-19(10-8-17)34-16-31-12-11-23(30-31)24(33)29-18-13-28-32(14-18)15-20-21(26)5-4-6-22(20)27/h4-14H,15-16H2,1-3H3,(H,29,33). The summed E-state index contributed by atoms with van der Waals surface area (Å²) in [5.41, 5.74) is 2.32. The van der Waals surface area contributed by atoms with E-state index in [-0.39, 0.29) is 24.4 Å². The number of ether oxygens (including phenoxy) is 1. The van der Waals surface area contributed by atoms with Crippen molar-refractivity contribution in [3.8, 4) is 5.75 Å². The molecule has 0 aliphatic carbocycles. The zero-order valence-corrected chi connectivity index (χ0v) is 19.9. The second kappa shape index (κ2) is 9.69. The lowest BCUT2D eigenvalue weighted by Gasteiger charge is -2.19. The molecule has 0 saturated carbocycles. The number of aromatic nitrogens is 4. The lowest BCUT2D eigenvalue weighted by Crippen LogP contribution is -2.14. The molecule has 0 radical (unpaired) electrons. The van der Waals surface area contributed by atoms with Crippen molar-refractivity contribution in [1.82, 2.24) is 19.6 Å². The minimum Gasteiger partial charge on any atom is -0.471 e. The summed E-state index contributed by atoms with van der Waals surface area (Å²) in [7, 11) is 0. The van der Waals surface area contributed by atoms with E-state index in [0.717, 1.165) is 5.75 Å². The molecular formula is C25H25ClFN5O2. The van der Waals surface area contributed by atoms with E-state index in [2.05, 4.69) is 36.3 Å². The van der Waals surface area contributed by atoms with E-state index in [1.807, 2.05) is 24.3 Å². The van der Waals surface area contributed by atoms with Crippen LogP contribution in [0.5, 0.6) is 5.75 Å². The number of carbonyl (C=O) groups excluding carboxylic acids is 1. The lowest BCUT2D eigenvalue weighted by molar-refractivity contribution is 0.102. The van der Waals surface area contributed by atoms with Gasteiger partial charge in [0.05, 0.1) is 18.4 Å². The fraction of sp³-hybridized carbons (Fsp3) is 0.240. The number of hydrogen-bond acceptors (Lipinski definition) is 4. The number of hydrogen-bond donors (Lipinski definition) is 1. The molecule has 0 bridgehead atoms. The van der Waals surface area contributed by atoms with E-state index in [1.54, 1.807) is 30.6 Å². The zero-order valence-electron chi connectivity index (χ0n) is 19.1. The largest absolute Gasteiger partial charge is 0.471 e. The maximum atomic E-state index is 14.0. The van der Waals surface area contributed by atoms with Crippen molar-refractivity contribution < 1.29 is 13.9 Å². The Morgan fingerprint density at radius 1 is 1.12 bits per heavy atom. The quantitative estimate of drug-likeness (QED) is 0.378. The molecule has 2 aromatic heterocycles. The van der Waals surface area contributed by atoms with Gasteiger partial charge in [0, 0.05) is 23.0 Å². The molecule has 0 aliphatic heterocycles. The molecule has 1 amide bonds. The average molecular weight is 482 g/mol. The summed E-state index contributed by atoms with van der Waals surface area (Å²) in [5, 5.41) is 11.5. The molecule has 2 aromatic carbocycles. The Bertz CT molecular complexity index is 1270. The van der Waals surface area contributed by atoms with Gasteiger partial charge >= 0.3 is 0 Å². The molecule has 0 saturated heterocycles. The summed E-state index contributed by atoms with van der Waals surface area (Å²) >= 11 is 6.07. The van der Waals surface area contributed by atoms with Crippen molar-refractivity contribution >= 4 is 23.2 Å². The number of carbonyl (C=O) groups is 1. The fourth-order valence-electron chi connectivity index (χ4n) is 3.30. The van der Waals surface area contributed by atoms with Gasteiger partial charge in [0.2, 0.25) is 0 Å². The first kappa shape index (κ1) is 23.5. The predicted octanol–water partition coefficient (Wildman–Crippen LogP) is 5.51. The highest BCUT2D eigenvalue weighted by Crippen LogP contribution is 2.24. The lowest BCUT2D eigenvalue weighted by atomic mass is 9.87. The molecule has 7 nitrogen and oxygen atoms in total. The molecule has 4 rings (SSSR count). The summed E-state index contributed by atoms with van der Waals surface area (Å²) in [4.78, 5) is 12.6. The van der Waals surface area contributed by atoms with Gasteiger partial charge in [-0.3, -0.25) is 9.48 Å². The van der Waals surface area contributed by atoms with Crippen LogP contribution in [0.25, 0.3) is 0 Å². The van der Waals surface area contributed by atoms with Gasteiger partial charge in [-0.05, 0) is 41.3 Å². The highest BCUT2D eigenvalue weighted by atomic mass is 35.5. The number of benzene rings is 2. The van der Waals surface area contributed by atoms with Gasteiger partial charge in [-0.15, -0.1) is 0 Å². The Kier molecular flexibility index (Phi) is 6.70. The molecule has 0 atom stereocenters. The monoisotopic (exact) mass is 481 g/mol. The van der Waals surface area contributed by atoms with Crippen molar-refractivity contribution in [2.75, 3.05) is 5.32 Å². The molecule has 0 fully saturated rings. The molecule has 4 aromatic rings. The first-order chi connectivity index (χ1) is 16.2. The number of nitrogens with one attached hydrogen (secondary N) is 1. The van der Waals surface area contributed by atoms with Crippen LogP contribution in [0.15, 0.2) is 67.1 Å². The van der Waals surface area contributed by atoms with Crippen LogP contribution in [0.3, 0.4) is 0 Å². The van der Waals surface area contributed by atoms with Gasteiger partial charge in [0.1, 0.15) is 11.6 Å². The Labute approximate surface area is 202 Å². The normalized spacial score (nSPS) is 11.4.